The van der Waals surface area contributed by atoms with Crippen LogP contribution in [-0.4, -0.2) is 37.3 Å². The molecular weight excluding hydrogens is 453 g/mol. The van der Waals surface area contributed by atoms with E-state index >= 15 is 0 Å². The van der Waals surface area contributed by atoms with Gasteiger partial charge in [-0.3, -0.25) is 18.3 Å². The van der Waals surface area contributed by atoms with Gasteiger partial charge in [0.25, 0.3) is 5.56 Å². The van der Waals surface area contributed by atoms with Crippen LogP contribution in [0, 0.1) is 5.82 Å². The Labute approximate surface area is 199 Å². The zero-order chi connectivity index (χ0) is 24.9. The summed E-state index contributed by atoms with van der Waals surface area (Å²) in [6, 6.07) is 11.9. The summed E-state index contributed by atoms with van der Waals surface area (Å²) in [4.78, 5) is 30.1. The first-order chi connectivity index (χ1) is 16.8. The van der Waals surface area contributed by atoms with Crippen LogP contribution in [0.5, 0.6) is 11.5 Å². The van der Waals surface area contributed by atoms with Crippen LogP contribution in [0.1, 0.15) is 5.56 Å². The van der Waals surface area contributed by atoms with E-state index in [9.17, 15) is 14.0 Å². The molecular formula is C25H24FN5O4. The molecule has 2 aromatic carbocycles. The standard InChI is InChI=1S/C25H24FN5O4/c1-28-22-21(23(32)29(2)25(28)33)31-14-18(16-6-8-17(26)9-7-16)30(24(31)27-22)12-11-15-5-10-19(34-3)20(13-15)35-4/h5-10,13-14H,11-12H2,1-4H3. The number of aryl methyl sites for hydroxylation is 3. The number of aromatic nitrogens is 5. The quantitative estimate of drug-likeness (QED) is 0.376. The lowest BCUT2D eigenvalue weighted by Gasteiger charge is -2.12. The van der Waals surface area contributed by atoms with Crippen molar-refractivity contribution in [2.24, 2.45) is 14.1 Å². The predicted molar refractivity (Wildman–Crippen MR) is 130 cm³/mol. The Balaban J connectivity index is 1.69. The molecule has 0 atom stereocenters. The summed E-state index contributed by atoms with van der Waals surface area (Å²) < 4.78 is 30.5. The summed E-state index contributed by atoms with van der Waals surface area (Å²) in [5.74, 6) is 1.45. The second-order valence-corrected chi connectivity index (χ2v) is 8.27. The molecule has 5 rings (SSSR count). The lowest BCUT2D eigenvalue weighted by molar-refractivity contribution is 0.354. The van der Waals surface area contributed by atoms with Gasteiger partial charge in [-0.25, -0.2) is 9.18 Å². The molecule has 0 unspecified atom stereocenters. The second kappa shape index (κ2) is 8.46. The fourth-order valence-corrected chi connectivity index (χ4v) is 4.36. The van der Waals surface area contributed by atoms with Crippen LogP contribution in [0.15, 0.2) is 58.3 Å². The third kappa shape index (κ3) is 3.58. The minimum Gasteiger partial charge on any atom is -0.493 e. The number of halogens is 1. The van der Waals surface area contributed by atoms with Crippen LogP contribution in [-0.2, 0) is 27.1 Å². The van der Waals surface area contributed by atoms with Crippen molar-refractivity contribution in [2.45, 2.75) is 13.0 Å². The molecule has 0 fully saturated rings. The van der Waals surface area contributed by atoms with Crippen molar-refractivity contribution < 1.29 is 13.9 Å². The number of imidazole rings is 2. The van der Waals surface area contributed by atoms with Gasteiger partial charge in [0.05, 0.1) is 19.9 Å². The molecule has 0 amide bonds. The minimum absolute atomic E-state index is 0.304. The lowest BCUT2D eigenvalue weighted by Crippen LogP contribution is -2.37. The van der Waals surface area contributed by atoms with Gasteiger partial charge in [-0.2, -0.15) is 4.98 Å². The average molecular weight is 477 g/mol. The Hall–Kier alpha value is -4.34. The van der Waals surface area contributed by atoms with Gasteiger partial charge in [0.2, 0.25) is 5.78 Å². The van der Waals surface area contributed by atoms with Gasteiger partial charge in [0.15, 0.2) is 22.7 Å². The summed E-state index contributed by atoms with van der Waals surface area (Å²) >= 11 is 0. The molecule has 5 aromatic rings. The maximum atomic E-state index is 13.6. The normalized spacial score (nSPS) is 11.5. The highest BCUT2D eigenvalue weighted by Gasteiger charge is 2.21. The van der Waals surface area contributed by atoms with Crippen molar-refractivity contribution in [2.75, 3.05) is 14.2 Å². The molecule has 0 aliphatic rings. The average Bonchev–Trinajstić information content (AvgIpc) is 3.41. The molecule has 0 spiro atoms. The fraction of sp³-hybridized carbons (Fsp3) is 0.240. The van der Waals surface area contributed by atoms with Crippen molar-refractivity contribution in [3.05, 3.63) is 80.9 Å². The number of fused-ring (bicyclic) bond motifs is 3. The molecule has 0 N–H and O–H groups in total. The molecule has 0 aliphatic heterocycles. The fourth-order valence-electron chi connectivity index (χ4n) is 4.36. The lowest BCUT2D eigenvalue weighted by atomic mass is 10.1. The van der Waals surface area contributed by atoms with E-state index in [-0.39, 0.29) is 5.82 Å². The maximum Gasteiger partial charge on any atom is 0.332 e. The van der Waals surface area contributed by atoms with Gasteiger partial charge in [-0.1, -0.05) is 6.07 Å². The van der Waals surface area contributed by atoms with Crippen molar-refractivity contribution in [1.82, 2.24) is 23.1 Å². The van der Waals surface area contributed by atoms with Crippen LogP contribution in [0.4, 0.5) is 4.39 Å². The molecule has 0 saturated heterocycles. The summed E-state index contributed by atoms with van der Waals surface area (Å²) in [7, 11) is 6.21. The highest BCUT2D eigenvalue weighted by molar-refractivity contribution is 5.78. The molecule has 0 saturated carbocycles. The third-order valence-corrected chi connectivity index (χ3v) is 6.27. The summed E-state index contributed by atoms with van der Waals surface area (Å²) in [6.07, 6.45) is 2.43. The topological polar surface area (TPSA) is 84.7 Å². The highest BCUT2D eigenvalue weighted by atomic mass is 19.1. The SMILES string of the molecule is COc1ccc(CCn2c(-c3ccc(F)cc3)cn3c4c(=O)n(C)c(=O)n(C)c4nc23)cc1OC. The highest BCUT2D eigenvalue weighted by Crippen LogP contribution is 2.29. The largest absolute Gasteiger partial charge is 0.493 e. The Bertz CT molecular complexity index is 1690. The van der Waals surface area contributed by atoms with Crippen LogP contribution < -0.4 is 20.7 Å². The van der Waals surface area contributed by atoms with Gasteiger partial charge < -0.3 is 14.0 Å². The van der Waals surface area contributed by atoms with E-state index in [1.54, 1.807) is 44.0 Å². The smallest absolute Gasteiger partial charge is 0.332 e. The van der Waals surface area contributed by atoms with Gasteiger partial charge in [0, 0.05) is 26.8 Å². The Morgan fingerprint density at radius 3 is 2.34 bits per heavy atom. The zero-order valence-electron chi connectivity index (χ0n) is 19.8. The Kier molecular flexibility index (Phi) is 5.43. The van der Waals surface area contributed by atoms with Crippen LogP contribution >= 0.6 is 0 Å². The van der Waals surface area contributed by atoms with Gasteiger partial charge in [-0.15, -0.1) is 0 Å². The molecule has 0 bridgehead atoms. The number of benzene rings is 2. The molecule has 0 radical (unpaired) electrons. The predicted octanol–water partition coefficient (Wildman–Crippen LogP) is 2.75. The maximum absolute atomic E-state index is 13.6. The monoisotopic (exact) mass is 477 g/mol. The number of methoxy groups -OCH3 is 2. The number of ether oxygens (including phenoxy) is 2. The summed E-state index contributed by atoms with van der Waals surface area (Å²) in [6.45, 7) is 0.510. The van der Waals surface area contributed by atoms with E-state index in [2.05, 4.69) is 4.98 Å². The molecule has 3 aromatic heterocycles. The van der Waals surface area contributed by atoms with E-state index in [1.807, 2.05) is 22.8 Å². The van der Waals surface area contributed by atoms with Crippen molar-refractivity contribution in [3.63, 3.8) is 0 Å². The van der Waals surface area contributed by atoms with Crippen LogP contribution in [0.25, 0.3) is 28.2 Å². The van der Waals surface area contributed by atoms with E-state index in [0.29, 0.717) is 41.4 Å². The van der Waals surface area contributed by atoms with E-state index in [4.69, 9.17) is 9.47 Å². The molecule has 9 nitrogen and oxygen atoms in total. The Morgan fingerprint density at radius 1 is 0.943 bits per heavy atom. The molecule has 10 heteroatoms. The van der Waals surface area contributed by atoms with Crippen molar-refractivity contribution in [3.8, 4) is 22.8 Å². The van der Waals surface area contributed by atoms with Crippen molar-refractivity contribution in [1.29, 1.82) is 0 Å². The molecule has 3 heterocycles. The van der Waals surface area contributed by atoms with E-state index < -0.39 is 11.2 Å². The summed E-state index contributed by atoms with van der Waals surface area (Å²) in [5, 5.41) is 0. The molecule has 180 valence electrons. The first-order valence-corrected chi connectivity index (χ1v) is 11.0. The second-order valence-electron chi connectivity index (χ2n) is 8.27. The minimum atomic E-state index is -0.445. The van der Waals surface area contributed by atoms with Crippen LogP contribution in [0.3, 0.4) is 0 Å². The van der Waals surface area contributed by atoms with Crippen LogP contribution in [0.2, 0.25) is 0 Å². The zero-order valence-corrected chi connectivity index (χ0v) is 19.8. The van der Waals surface area contributed by atoms with Gasteiger partial charge in [-0.05, 0) is 53.9 Å². The van der Waals surface area contributed by atoms with E-state index in [0.717, 1.165) is 21.4 Å². The first kappa shape index (κ1) is 22.5. The molecule has 0 aliphatic carbocycles. The van der Waals surface area contributed by atoms with Gasteiger partial charge >= 0.3 is 5.69 Å². The number of nitrogens with zero attached hydrogens (tertiary/aromatic N) is 5. The number of rotatable bonds is 6. The first-order valence-electron chi connectivity index (χ1n) is 11.0. The summed E-state index contributed by atoms with van der Waals surface area (Å²) in [5.41, 5.74) is 2.29. The molecule has 35 heavy (non-hydrogen) atoms. The number of hydrogen-bond donors (Lipinski definition) is 0. The van der Waals surface area contributed by atoms with Gasteiger partial charge in [0.1, 0.15) is 5.82 Å². The third-order valence-electron chi connectivity index (χ3n) is 6.27. The van der Waals surface area contributed by atoms with Crippen molar-refractivity contribution >= 4 is 16.9 Å². The Morgan fingerprint density at radius 2 is 1.66 bits per heavy atom. The van der Waals surface area contributed by atoms with E-state index in [1.165, 1.54) is 23.7 Å². The number of hydrogen-bond acceptors (Lipinski definition) is 5.